The highest BCUT2D eigenvalue weighted by Gasteiger charge is 2.15. The van der Waals surface area contributed by atoms with Crippen molar-refractivity contribution < 1.29 is 19.0 Å². The molecule has 0 fully saturated rings. The Labute approximate surface area is 196 Å². The van der Waals surface area contributed by atoms with Crippen LogP contribution in [0.25, 0.3) is 10.9 Å². The standard InChI is InChI=1S/C25H25N3O4S/c1-15(2)30-18-11-17(12-19(13-18)31-16(3)4)24(29)28-25-27-14-23(33-25)32-22-9-5-8-21-20(22)7-6-10-26-21/h5-16H,1-4H3,(H,27,28,29). The van der Waals surface area contributed by atoms with Gasteiger partial charge in [-0.3, -0.25) is 15.1 Å². The second-order valence-corrected chi connectivity index (χ2v) is 8.89. The molecule has 0 unspecified atom stereocenters. The summed E-state index contributed by atoms with van der Waals surface area (Å²) in [6.07, 6.45) is 3.27. The minimum atomic E-state index is -0.312. The molecule has 0 saturated heterocycles. The number of ether oxygens (including phenoxy) is 3. The van der Waals surface area contributed by atoms with Gasteiger partial charge in [0.1, 0.15) is 17.2 Å². The van der Waals surface area contributed by atoms with Crippen LogP contribution in [0, 0.1) is 0 Å². The summed E-state index contributed by atoms with van der Waals surface area (Å²) < 4.78 is 17.6. The van der Waals surface area contributed by atoms with E-state index in [1.165, 1.54) is 11.3 Å². The smallest absolute Gasteiger partial charge is 0.257 e. The monoisotopic (exact) mass is 463 g/mol. The normalized spacial score (nSPS) is 11.1. The van der Waals surface area contributed by atoms with Crippen molar-refractivity contribution in [1.29, 1.82) is 0 Å². The number of nitrogens with zero attached hydrogens (tertiary/aromatic N) is 2. The molecule has 2 heterocycles. The number of anilines is 1. The van der Waals surface area contributed by atoms with E-state index in [1.54, 1.807) is 30.6 Å². The number of aromatic nitrogens is 2. The number of hydrogen-bond acceptors (Lipinski definition) is 7. The number of pyridine rings is 1. The molecule has 0 spiro atoms. The van der Waals surface area contributed by atoms with Crippen molar-refractivity contribution in [3.8, 4) is 22.3 Å². The number of thiazole rings is 1. The summed E-state index contributed by atoms with van der Waals surface area (Å²) in [6.45, 7) is 7.72. The number of rotatable bonds is 8. The third-order valence-electron chi connectivity index (χ3n) is 4.41. The lowest BCUT2D eigenvalue weighted by Gasteiger charge is -2.15. The topological polar surface area (TPSA) is 82.6 Å². The van der Waals surface area contributed by atoms with Crippen LogP contribution in [-0.4, -0.2) is 28.1 Å². The van der Waals surface area contributed by atoms with E-state index < -0.39 is 0 Å². The maximum atomic E-state index is 12.9. The molecule has 4 aromatic rings. The number of hydrogen-bond donors (Lipinski definition) is 1. The van der Waals surface area contributed by atoms with Crippen molar-refractivity contribution in [2.45, 2.75) is 39.9 Å². The van der Waals surface area contributed by atoms with Crippen LogP contribution in [0.3, 0.4) is 0 Å². The van der Waals surface area contributed by atoms with Gasteiger partial charge in [-0.15, -0.1) is 0 Å². The third kappa shape index (κ3) is 5.78. The minimum absolute atomic E-state index is 0.0295. The van der Waals surface area contributed by atoms with Gasteiger partial charge >= 0.3 is 0 Å². The molecule has 2 aromatic heterocycles. The van der Waals surface area contributed by atoms with Gasteiger partial charge in [-0.1, -0.05) is 17.4 Å². The van der Waals surface area contributed by atoms with Crippen molar-refractivity contribution in [3.05, 3.63) is 66.5 Å². The zero-order valence-electron chi connectivity index (χ0n) is 18.9. The first-order valence-electron chi connectivity index (χ1n) is 10.6. The Bertz CT molecular complexity index is 1240. The zero-order chi connectivity index (χ0) is 23.4. The van der Waals surface area contributed by atoms with Crippen LogP contribution in [0.4, 0.5) is 5.13 Å². The Morgan fingerprint density at radius 3 is 2.36 bits per heavy atom. The van der Waals surface area contributed by atoms with Gasteiger partial charge in [0.15, 0.2) is 5.13 Å². The molecule has 1 N–H and O–H groups in total. The fourth-order valence-corrected chi connectivity index (χ4v) is 3.87. The quantitative estimate of drug-likeness (QED) is 0.330. The van der Waals surface area contributed by atoms with E-state index in [2.05, 4.69) is 15.3 Å². The molecular weight excluding hydrogens is 438 g/mol. The Balaban J connectivity index is 1.51. The van der Waals surface area contributed by atoms with Crippen molar-refractivity contribution >= 4 is 33.3 Å². The molecule has 8 heteroatoms. The highest BCUT2D eigenvalue weighted by Crippen LogP contribution is 2.34. The molecule has 0 aliphatic heterocycles. The Morgan fingerprint density at radius 1 is 0.939 bits per heavy atom. The summed E-state index contributed by atoms with van der Waals surface area (Å²) >= 11 is 1.24. The SMILES string of the molecule is CC(C)Oc1cc(OC(C)C)cc(C(=O)Nc2ncc(Oc3cccc4ncccc34)s2)c1. The molecule has 0 saturated carbocycles. The van der Waals surface area contributed by atoms with Crippen molar-refractivity contribution in [2.75, 3.05) is 5.32 Å². The third-order valence-corrected chi connectivity index (χ3v) is 5.20. The van der Waals surface area contributed by atoms with E-state index in [0.717, 1.165) is 10.9 Å². The Kier molecular flexibility index (Phi) is 6.74. The molecule has 1 amide bonds. The molecule has 0 radical (unpaired) electrons. The van der Waals surface area contributed by atoms with Gasteiger partial charge in [0.25, 0.3) is 5.91 Å². The van der Waals surface area contributed by atoms with Crippen LogP contribution in [-0.2, 0) is 0 Å². The van der Waals surface area contributed by atoms with Crippen molar-refractivity contribution in [3.63, 3.8) is 0 Å². The molecule has 170 valence electrons. The molecule has 33 heavy (non-hydrogen) atoms. The molecular formula is C25H25N3O4S. The van der Waals surface area contributed by atoms with E-state index in [4.69, 9.17) is 14.2 Å². The highest BCUT2D eigenvalue weighted by molar-refractivity contribution is 7.17. The number of carbonyl (C=O) groups excluding carboxylic acids is 1. The summed E-state index contributed by atoms with van der Waals surface area (Å²) in [6, 6.07) is 14.7. The van der Waals surface area contributed by atoms with Gasteiger partial charge in [0, 0.05) is 23.2 Å². The average molecular weight is 464 g/mol. The van der Waals surface area contributed by atoms with E-state index >= 15 is 0 Å². The number of fused-ring (bicyclic) bond motifs is 1. The zero-order valence-corrected chi connectivity index (χ0v) is 19.7. The Hall–Kier alpha value is -3.65. The summed E-state index contributed by atoms with van der Waals surface area (Å²) in [5.41, 5.74) is 1.26. The first-order chi connectivity index (χ1) is 15.9. The van der Waals surface area contributed by atoms with Gasteiger partial charge < -0.3 is 14.2 Å². The maximum absolute atomic E-state index is 12.9. The second kappa shape index (κ2) is 9.87. The van der Waals surface area contributed by atoms with Gasteiger partial charge in [-0.2, -0.15) is 0 Å². The van der Waals surface area contributed by atoms with Gasteiger partial charge in [0.2, 0.25) is 5.06 Å². The van der Waals surface area contributed by atoms with Crippen LogP contribution in [0.2, 0.25) is 0 Å². The lowest BCUT2D eigenvalue weighted by molar-refractivity contribution is 0.102. The lowest BCUT2D eigenvalue weighted by Crippen LogP contribution is -2.14. The molecule has 0 aliphatic rings. The second-order valence-electron chi connectivity index (χ2n) is 7.89. The van der Waals surface area contributed by atoms with E-state index in [0.29, 0.717) is 33.0 Å². The number of benzene rings is 2. The molecule has 0 atom stereocenters. The van der Waals surface area contributed by atoms with Crippen LogP contribution in [0.5, 0.6) is 22.3 Å². The van der Waals surface area contributed by atoms with Crippen LogP contribution >= 0.6 is 11.3 Å². The predicted octanol–water partition coefficient (Wildman–Crippen LogP) is 6.31. The highest BCUT2D eigenvalue weighted by atomic mass is 32.1. The largest absolute Gasteiger partial charge is 0.491 e. The first kappa shape index (κ1) is 22.5. The fraction of sp³-hybridized carbons (Fsp3) is 0.240. The minimum Gasteiger partial charge on any atom is -0.491 e. The van der Waals surface area contributed by atoms with Crippen LogP contribution < -0.4 is 19.5 Å². The molecule has 7 nitrogen and oxygen atoms in total. The number of nitrogens with one attached hydrogen (secondary N) is 1. The summed E-state index contributed by atoms with van der Waals surface area (Å²) in [5, 5.41) is 4.71. The first-order valence-corrected chi connectivity index (χ1v) is 11.5. The van der Waals surface area contributed by atoms with Gasteiger partial charge in [0.05, 0.1) is 23.9 Å². The average Bonchev–Trinajstić information content (AvgIpc) is 3.19. The van der Waals surface area contributed by atoms with Crippen molar-refractivity contribution in [1.82, 2.24) is 9.97 Å². The van der Waals surface area contributed by atoms with E-state index in [9.17, 15) is 4.79 Å². The molecule has 0 bridgehead atoms. The van der Waals surface area contributed by atoms with Crippen LogP contribution in [0.1, 0.15) is 38.1 Å². The van der Waals surface area contributed by atoms with E-state index in [1.807, 2.05) is 58.0 Å². The van der Waals surface area contributed by atoms with E-state index in [-0.39, 0.29) is 18.1 Å². The van der Waals surface area contributed by atoms with Crippen LogP contribution in [0.15, 0.2) is 60.9 Å². The summed E-state index contributed by atoms with van der Waals surface area (Å²) in [5.74, 6) is 1.51. The summed E-state index contributed by atoms with van der Waals surface area (Å²) in [4.78, 5) is 21.6. The maximum Gasteiger partial charge on any atom is 0.257 e. The fourth-order valence-electron chi connectivity index (χ4n) is 3.19. The molecule has 2 aromatic carbocycles. The van der Waals surface area contributed by atoms with Gasteiger partial charge in [-0.25, -0.2) is 4.98 Å². The lowest BCUT2D eigenvalue weighted by atomic mass is 10.2. The van der Waals surface area contributed by atoms with Gasteiger partial charge in [-0.05, 0) is 64.1 Å². The summed E-state index contributed by atoms with van der Waals surface area (Å²) in [7, 11) is 0. The van der Waals surface area contributed by atoms with Crippen molar-refractivity contribution in [2.24, 2.45) is 0 Å². The molecule has 0 aliphatic carbocycles. The predicted molar refractivity (Wildman–Crippen MR) is 130 cm³/mol. The molecule has 4 rings (SSSR count). The number of amides is 1. The Morgan fingerprint density at radius 2 is 1.67 bits per heavy atom. The number of carbonyl (C=O) groups is 1.